The molecule has 3 nitrogen and oxygen atoms in total. The lowest BCUT2D eigenvalue weighted by Gasteiger charge is -2.08. The molecule has 1 amide bonds. The standard InChI is InChI=1S/C17H18N2OS/c18-15-6-1-2-7-16(15)19-17(20)11-21-14-9-8-12-4-3-5-13(12)10-14/h1-2,6-10H,3-5,11,18H2,(H,19,20). The summed E-state index contributed by atoms with van der Waals surface area (Å²) in [5.41, 5.74) is 9.98. The molecule has 0 unspecified atom stereocenters. The molecular weight excluding hydrogens is 280 g/mol. The lowest BCUT2D eigenvalue weighted by Crippen LogP contribution is -2.15. The Kier molecular flexibility index (Phi) is 4.15. The number of nitrogens with two attached hydrogens (primary N) is 1. The number of amides is 1. The van der Waals surface area contributed by atoms with E-state index in [9.17, 15) is 4.79 Å². The number of anilines is 2. The van der Waals surface area contributed by atoms with Gasteiger partial charge in [-0.25, -0.2) is 0 Å². The number of nitrogens with one attached hydrogen (secondary N) is 1. The minimum atomic E-state index is -0.0293. The fraction of sp³-hybridized carbons (Fsp3) is 0.235. The first-order valence-corrected chi connectivity index (χ1v) is 8.10. The van der Waals surface area contributed by atoms with Gasteiger partial charge in [-0.2, -0.15) is 0 Å². The maximum absolute atomic E-state index is 12.0. The summed E-state index contributed by atoms with van der Waals surface area (Å²) >= 11 is 1.57. The molecular formula is C17H18N2OS. The first-order chi connectivity index (χ1) is 10.2. The molecule has 1 aliphatic rings. The molecule has 0 atom stereocenters. The zero-order valence-corrected chi connectivity index (χ0v) is 12.6. The van der Waals surface area contributed by atoms with Crippen molar-refractivity contribution in [3.8, 4) is 0 Å². The van der Waals surface area contributed by atoms with Crippen molar-refractivity contribution in [2.75, 3.05) is 16.8 Å². The fourth-order valence-corrected chi connectivity index (χ4v) is 3.34. The van der Waals surface area contributed by atoms with Gasteiger partial charge in [0.05, 0.1) is 17.1 Å². The van der Waals surface area contributed by atoms with Gasteiger partial charge >= 0.3 is 0 Å². The molecule has 1 aliphatic carbocycles. The summed E-state index contributed by atoms with van der Waals surface area (Å²) in [4.78, 5) is 13.1. The van der Waals surface area contributed by atoms with Crippen molar-refractivity contribution in [1.29, 1.82) is 0 Å². The van der Waals surface area contributed by atoms with Crippen LogP contribution in [0.25, 0.3) is 0 Å². The Morgan fingerprint density at radius 3 is 2.81 bits per heavy atom. The van der Waals surface area contributed by atoms with Gasteiger partial charge in [0.25, 0.3) is 0 Å². The van der Waals surface area contributed by atoms with Crippen molar-refractivity contribution in [3.05, 3.63) is 53.6 Å². The van der Waals surface area contributed by atoms with Gasteiger partial charge in [-0.1, -0.05) is 18.2 Å². The second-order valence-corrected chi connectivity index (χ2v) is 6.26. The van der Waals surface area contributed by atoms with Crippen LogP contribution in [0.1, 0.15) is 17.5 Å². The van der Waals surface area contributed by atoms with E-state index < -0.39 is 0 Å². The van der Waals surface area contributed by atoms with E-state index in [-0.39, 0.29) is 5.91 Å². The molecule has 108 valence electrons. The number of rotatable bonds is 4. The number of hydrogen-bond donors (Lipinski definition) is 2. The third-order valence-electron chi connectivity index (χ3n) is 3.67. The smallest absolute Gasteiger partial charge is 0.234 e. The normalized spacial score (nSPS) is 13.0. The van der Waals surface area contributed by atoms with Crippen molar-refractivity contribution < 1.29 is 4.79 Å². The summed E-state index contributed by atoms with van der Waals surface area (Å²) < 4.78 is 0. The number of fused-ring (bicyclic) bond motifs is 1. The number of aryl methyl sites for hydroxylation is 2. The van der Waals surface area contributed by atoms with Crippen LogP contribution in [0, 0.1) is 0 Å². The molecule has 0 aliphatic heterocycles. The highest BCUT2D eigenvalue weighted by molar-refractivity contribution is 8.00. The van der Waals surface area contributed by atoms with Crippen molar-refractivity contribution in [2.24, 2.45) is 0 Å². The highest BCUT2D eigenvalue weighted by Crippen LogP contribution is 2.27. The van der Waals surface area contributed by atoms with E-state index in [0.29, 0.717) is 17.1 Å². The van der Waals surface area contributed by atoms with E-state index in [2.05, 4.69) is 23.5 Å². The third kappa shape index (κ3) is 3.39. The Morgan fingerprint density at radius 2 is 1.95 bits per heavy atom. The molecule has 2 aromatic carbocycles. The second kappa shape index (κ2) is 6.22. The molecule has 0 saturated heterocycles. The Labute approximate surface area is 128 Å². The minimum absolute atomic E-state index is 0.0293. The average molecular weight is 298 g/mol. The van der Waals surface area contributed by atoms with Gasteiger partial charge in [-0.05, 0) is 54.7 Å². The molecule has 2 aromatic rings. The van der Waals surface area contributed by atoms with Crippen LogP contribution in [0.4, 0.5) is 11.4 Å². The molecule has 0 saturated carbocycles. The van der Waals surface area contributed by atoms with Crippen LogP contribution in [-0.4, -0.2) is 11.7 Å². The molecule has 3 N–H and O–H groups in total. The summed E-state index contributed by atoms with van der Waals surface area (Å²) in [7, 11) is 0. The maximum Gasteiger partial charge on any atom is 0.234 e. The zero-order valence-electron chi connectivity index (χ0n) is 11.8. The number of benzene rings is 2. The van der Waals surface area contributed by atoms with Gasteiger partial charge in [0.1, 0.15) is 0 Å². The van der Waals surface area contributed by atoms with Gasteiger partial charge in [-0.3, -0.25) is 4.79 Å². The molecule has 3 rings (SSSR count). The SMILES string of the molecule is Nc1ccccc1NC(=O)CSc1ccc2c(c1)CCC2. The van der Waals surface area contributed by atoms with Crippen LogP contribution in [0.5, 0.6) is 0 Å². The number of hydrogen-bond acceptors (Lipinski definition) is 3. The Balaban J connectivity index is 1.58. The van der Waals surface area contributed by atoms with E-state index in [1.165, 1.54) is 24.0 Å². The molecule has 0 radical (unpaired) electrons. The largest absolute Gasteiger partial charge is 0.397 e. The third-order valence-corrected chi connectivity index (χ3v) is 4.67. The molecule has 0 bridgehead atoms. The predicted molar refractivity (Wildman–Crippen MR) is 88.7 cm³/mol. The number of carbonyl (C=O) groups excluding carboxylic acids is 1. The van der Waals surface area contributed by atoms with Crippen LogP contribution in [0.3, 0.4) is 0 Å². The van der Waals surface area contributed by atoms with Crippen LogP contribution in [0.2, 0.25) is 0 Å². The first kappa shape index (κ1) is 14.0. The predicted octanol–water partition coefficient (Wildman–Crippen LogP) is 3.49. The van der Waals surface area contributed by atoms with Gasteiger partial charge in [0.15, 0.2) is 0 Å². The quantitative estimate of drug-likeness (QED) is 0.671. The summed E-state index contributed by atoms with van der Waals surface area (Å²) in [6.07, 6.45) is 3.60. The fourth-order valence-electron chi connectivity index (χ4n) is 2.58. The molecule has 21 heavy (non-hydrogen) atoms. The molecule has 0 fully saturated rings. The van der Waals surface area contributed by atoms with Crippen molar-refractivity contribution in [2.45, 2.75) is 24.2 Å². The number of nitrogen functional groups attached to an aromatic ring is 1. The van der Waals surface area contributed by atoms with Crippen LogP contribution in [-0.2, 0) is 17.6 Å². The lowest BCUT2D eigenvalue weighted by molar-refractivity contribution is -0.113. The molecule has 0 spiro atoms. The number of thioether (sulfide) groups is 1. The summed E-state index contributed by atoms with van der Waals surface area (Å²) in [6.45, 7) is 0. The summed E-state index contributed by atoms with van der Waals surface area (Å²) in [5.74, 6) is 0.367. The summed E-state index contributed by atoms with van der Waals surface area (Å²) in [5, 5.41) is 2.85. The van der Waals surface area contributed by atoms with E-state index in [0.717, 1.165) is 11.3 Å². The Hall–Kier alpha value is -1.94. The van der Waals surface area contributed by atoms with Crippen molar-refractivity contribution in [1.82, 2.24) is 0 Å². The van der Waals surface area contributed by atoms with Crippen LogP contribution in [0.15, 0.2) is 47.4 Å². The molecule has 4 heteroatoms. The van der Waals surface area contributed by atoms with Gasteiger partial charge in [0.2, 0.25) is 5.91 Å². The van der Waals surface area contributed by atoms with Crippen molar-refractivity contribution in [3.63, 3.8) is 0 Å². The van der Waals surface area contributed by atoms with E-state index in [4.69, 9.17) is 5.73 Å². The molecule has 0 heterocycles. The highest BCUT2D eigenvalue weighted by Gasteiger charge is 2.12. The van der Waals surface area contributed by atoms with Crippen molar-refractivity contribution >= 4 is 29.0 Å². The number of carbonyl (C=O) groups is 1. The Bertz CT molecular complexity index is 670. The van der Waals surface area contributed by atoms with E-state index in [1.54, 1.807) is 17.8 Å². The van der Waals surface area contributed by atoms with Gasteiger partial charge in [0, 0.05) is 4.90 Å². The monoisotopic (exact) mass is 298 g/mol. The number of para-hydroxylation sites is 2. The maximum atomic E-state index is 12.0. The minimum Gasteiger partial charge on any atom is -0.397 e. The van der Waals surface area contributed by atoms with Gasteiger partial charge < -0.3 is 11.1 Å². The van der Waals surface area contributed by atoms with E-state index in [1.807, 2.05) is 18.2 Å². The van der Waals surface area contributed by atoms with Crippen LogP contribution >= 0.6 is 11.8 Å². The zero-order chi connectivity index (χ0) is 14.7. The van der Waals surface area contributed by atoms with Gasteiger partial charge in [-0.15, -0.1) is 11.8 Å². The molecule has 0 aromatic heterocycles. The first-order valence-electron chi connectivity index (χ1n) is 7.11. The van der Waals surface area contributed by atoms with E-state index >= 15 is 0 Å². The summed E-state index contributed by atoms with van der Waals surface area (Å²) in [6, 6.07) is 13.8. The second-order valence-electron chi connectivity index (χ2n) is 5.21. The topological polar surface area (TPSA) is 55.1 Å². The lowest BCUT2D eigenvalue weighted by atomic mass is 10.1. The van der Waals surface area contributed by atoms with Crippen LogP contribution < -0.4 is 11.1 Å². The average Bonchev–Trinajstić information content (AvgIpc) is 2.95. The Morgan fingerprint density at radius 1 is 1.14 bits per heavy atom. The highest BCUT2D eigenvalue weighted by atomic mass is 32.2.